The summed E-state index contributed by atoms with van der Waals surface area (Å²) in [6.07, 6.45) is 3.73. The number of nitrogens with one attached hydrogen (secondary N) is 3. The predicted molar refractivity (Wildman–Crippen MR) is 121 cm³/mol. The Kier molecular flexibility index (Phi) is 6.15. The highest BCUT2D eigenvalue weighted by molar-refractivity contribution is 5.84. The molecule has 4 atom stereocenters. The fourth-order valence-corrected chi connectivity index (χ4v) is 4.93. The first-order valence-corrected chi connectivity index (χ1v) is 11.5. The second kappa shape index (κ2) is 9.36. The minimum atomic E-state index is -0.498. The van der Waals surface area contributed by atoms with Gasteiger partial charge in [-0.2, -0.15) is 0 Å². The number of aliphatic hydroxyl groups is 1. The maximum absolute atomic E-state index is 12.7. The first kappa shape index (κ1) is 21.7. The van der Waals surface area contributed by atoms with E-state index in [1.54, 1.807) is 11.1 Å². The third-order valence-corrected chi connectivity index (χ3v) is 6.66. The highest BCUT2D eigenvalue weighted by Crippen LogP contribution is 2.39. The highest BCUT2D eigenvalue weighted by Gasteiger charge is 2.36. The highest BCUT2D eigenvalue weighted by atomic mass is 16.5. The van der Waals surface area contributed by atoms with Gasteiger partial charge in [0, 0.05) is 37.0 Å². The number of carbonyl (C=O) groups excluding carboxylic acids is 2. The molecular weight excluding hydrogens is 422 g/mol. The summed E-state index contributed by atoms with van der Waals surface area (Å²) in [4.78, 5) is 31.2. The van der Waals surface area contributed by atoms with Gasteiger partial charge >= 0.3 is 6.03 Å². The summed E-state index contributed by atoms with van der Waals surface area (Å²) in [6, 6.07) is 11.2. The number of pyridine rings is 1. The molecule has 33 heavy (non-hydrogen) atoms. The molecule has 1 aromatic heterocycles. The number of anilines is 1. The number of likely N-dealkylation sites (tertiary alicyclic amines) is 1. The van der Waals surface area contributed by atoms with Crippen molar-refractivity contribution in [1.82, 2.24) is 20.5 Å². The Morgan fingerprint density at radius 1 is 1.24 bits per heavy atom. The molecule has 5 rings (SSSR count). The summed E-state index contributed by atoms with van der Waals surface area (Å²) in [5, 5.41) is 18.9. The lowest BCUT2D eigenvalue weighted by molar-refractivity contribution is -0.131. The molecule has 3 aliphatic heterocycles. The van der Waals surface area contributed by atoms with Gasteiger partial charge in [-0.15, -0.1) is 0 Å². The number of rotatable bonds is 5. The monoisotopic (exact) mass is 451 g/mol. The minimum absolute atomic E-state index is 0.0106. The molecule has 3 aliphatic rings. The third kappa shape index (κ3) is 4.65. The van der Waals surface area contributed by atoms with Crippen LogP contribution in [0.15, 0.2) is 42.6 Å². The molecule has 2 saturated heterocycles. The predicted octanol–water partition coefficient (Wildman–Crippen LogP) is 1.86. The summed E-state index contributed by atoms with van der Waals surface area (Å²) < 4.78 is 5.79. The van der Waals surface area contributed by atoms with Gasteiger partial charge in [0.25, 0.3) is 0 Å². The number of urea groups is 1. The molecule has 0 aliphatic carbocycles. The van der Waals surface area contributed by atoms with E-state index in [1.807, 2.05) is 36.4 Å². The van der Waals surface area contributed by atoms with E-state index in [0.717, 1.165) is 41.8 Å². The van der Waals surface area contributed by atoms with Crippen molar-refractivity contribution in [2.75, 3.05) is 25.0 Å². The first-order valence-electron chi connectivity index (χ1n) is 11.5. The zero-order chi connectivity index (χ0) is 22.8. The van der Waals surface area contributed by atoms with Gasteiger partial charge in [0.1, 0.15) is 0 Å². The Hall–Kier alpha value is -3.17. The van der Waals surface area contributed by atoms with Crippen molar-refractivity contribution in [2.45, 2.75) is 50.1 Å². The average Bonchev–Trinajstić information content (AvgIpc) is 3.34. The third-order valence-electron chi connectivity index (χ3n) is 6.66. The smallest absolute Gasteiger partial charge is 0.315 e. The number of aromatic nitrogens is 1. The SMILES string of the molecule is O=C(NCC(=O)N1CCCC1c1ccccn1)NCc1ccc2c(c1)[C@H]1C[C@H](N2)[C@H](O)CO1. The molecule has 2 aromatic rings. The van der Waals surface area contributed by atoms with Crippen LogP contribution in [0.3, 0.4) is 0 Å². The molecule has 1 aromatic carbocycles. The quantitative estimate of drug-likeness (QED) is 0.552. The standard InChI is InChI=1S/C24H29N5O4/c30-21-14-33-22-11-19(21)28-17-7-6-15(10-16(17)22)12-26-24(32)27-13-23(31)29-9-3-5-20(29)18-4-1-2-8-25-18/h1-2,4,6-8,10,19-22,28,30H,3,5,9,11-14H2,(H2,26,27,32)/t19-,20?,21+,22+/m0/s1. The maximum atomic E-state index is 12.7. The van der Waals surface area contributed by atoms with Gasteiger partial charge in [-0.05, 0) is 42.7 Å². The number of ether oxygens (including phenoxy) is 1. The van der Waals surface area contributed by atoms with E-state index in [1.165, 1.54) is 0 Å². The number of hydrogen-bond acceptors (Lipinski definition) is 6. The lowest BCUT2D eigenvalue weighted by atomic mass is 9.89. The lowest BCUT2D eigenvalue weighted by Gasteiger charge is -2.40. The van der Waals surface area contributed by atoms with Crippen LogP contribution in [0.1, 0.15) is 48.2 Å². The van der Waals surface area contributed by atoms with E-state index < -0.39 is 6.10 Å². The molecule has 1 unspecified atom stereocenters. The van der Waals surface area contributed by atoms with Crippen molar-refractivity contribution in [1.29, 1.82) is 0 Å². The Bertz CT molecular complexity index is 1020. The van der Waals surface area contributed by atoms with Crippen LogP contribution in [0.4, 0.5) is 10.5 Å². The van der Waals surface area contributed by atoms with Crippen molar-refractivity contribution in [2.24, 2.45) is 0 Å². The van der Waals surface area contributed by atoms with Crippen LogP contribution in [0.5, 0.6) is 0 Å². The molecule has 3 amide bonds. The largest absolute Gasteiger partial charge is 0.389 e. The van der Waals surface area contributed by atoms with Crippen molar-refractivity contribution in [3.8, 4) is 0 Å². The fourth-order valence-electron chi connectivity index (χ4n) is 4.93. The van der Waals surface area contributed by atoms with Gasteiger partial charge in [-0.1, -0.05) is 12.1 Å². The molecule has 2 bridgehead atoms. The molecule has 174 valence electrons. The summed E-state index contributed by atoms with van der Waals surface area (Å²) in [7, 11) is 0. The minimum Gasteiger partial charge on any atom is -0.389 e. The molecule has 9 heteroatoms. The van der Waals surface area contributed by atoms with E-state index in [-0.39, 0.29) is 36.7 Å². The molecule has 0 spiro atoms. The van der Waals surface area contributed by atoms with Crippen LogP contribution in [0.25, 0.3) is 0 Å². The van der Waals surface area contributed by atoms with Gasteiger partial charge in [0.15, 0.2) is 0 Å². The number of carbonyl (C=O) groups is 2. The molecule has 4 N–H and O–H groups in total. The Labute approximate surface area is 192 Å². The summed E-state index contributed by atoms with van der Waals surface area (Å²) in [5.41, 5.74) is 3.84. The van der Waals surface area contributed by atoms with Gasteiger partial charge in [-0.25, -0.2) is 4.79 Å². The van der Waals surface area contributed by atoms with Crippen molar-refractivity contribution >= 4 is 17.6 Å². The molecule has 9 nitrogen and oxygen atoms in total. The second-order valence-corrected chi connectivity index (χ2v) is 8.83. The Morgan fingerprint density at radius 3 is 3.00 bits per heavy atom. The van der Waals surface area contributed by atoms with E-state index >= 15 is 0 Å². The molecule has 4 heterocycles. The zero-order valence-corrected chi connectivity index (χ0v) is 18.4. The van der Waals surface area contributed by atoms with Crippen molar-refractivity contribution in [3.05, 3.63) is 59.4 Å². The van der Waals surface area contributed by atoms with Gasteiger partial charge in [0.2, 0.25) is 5.91 Å². The summed E-state index contributed by atoms with van der Waals surface area (Å²) in [5.74, 6) is -0.107. The van der Waals surface area contributed by atoms with E-state index in [2.05, 4.69) is 20.9 Å². The molecule has 0 radical (unpaired) electrons. The van der Waals surface area contributed by atoms with Crippen molar-refractivity contribution in [3.63, 3.8) is 0 Å². The number of hydrogen-bond donors (Lipinski definition) is 4. The average molecular weight is 452 g/mol. The van der Waals surface area contributed by atoms with Crippen LogP contribution < -0.4 is 16.0 Å². The number of fused-ring (bicyclic) bond motifs is 4. The van der Waals surface area contributed by atoms with Gasteiger partial charge in [-0.3, -0.25) is 9.78 Å². The van der Waals surface area contributed by atoms with Crippen LogP contribution in [0, 0.1) is 0 Å². The van der Waals surface area contributed by atoms with E-state index in [9.17, 15) is 14.7 Å². The topological polar surface area (TPSA) is 116 Å². The molecular formula is C24H29N5O4. The first-order chi connectivity index (χ1) is 16.1. The number of amides is 3. The normalized spacial score (nSPS) is 25.7. The number of benzene rings is 1. The fraction of sp³-hybridized carbons (Fsp3) is 0.458. The van der Waals surface area contributed by atoms with Crippen LogP contribution in [0.2, 0.25) is 0 Å². The summed E-state index contributed by atoms with van der Waals surface area (Å²) >= 11 is 0. The zero-order valence-electron chi connectivity index (χ0n) is 18.4. The second-order valence-electron chi connectivity index (χ2n) is 8.83. The lowest BCUT2D eigenvalue weighted by Crippen LogP contribution is -2.46. The van der Waals surface area contributed by atoms with Crippen LogP contribution in [-0.4, -0.2) is 58.8 Å². The van der Waals surface area contributed by atoms with E-state index in [0.29, 0.717) is 19.7 Å². The number of aliphatic hydroxyl groups excluding tert-OH is 1. The maximum Gasteiger partial charge on any atom is 0.315 e. The van der Waals surface area contributed by atoms with Crippen LogP contribution >= 0.6 is 0 Å². The molecule has 0 saturated carbocycles. The Morgan fingerprint density at radius 2 is 2.15 bits per heavy atom. The van der Waals surface area contributed by atoms with Gasteiger partial charge < -0.3 is 30.7 Å². The molecule has 2 fully saturated rings. The Balaban J connectivity index is 1.12. The number of nitrogens with zero attached hydrogens (tertiary/aromatic N) is 2. The van der Waals surface area contributed by atoms with Gasteiger partial charge in [0.05, 0.1) is 43.1 Å². The summed E-state index contributed by atoms with van der Waals surface area (Å²) in [6.45, 7) is 1.28. The van der Waals surface area contributed by atoms with Crippen LogP contribution in [-0.2, 0) is 16.1 Å². The van der Waals surface area contributed by atoms with E-state index in [4.69, 9.17) is 4.74 Å². The van der Waals surface area contributed by atoms with Crippen molar-refractivity contribution < 1.29 is 19.4 Å².